The number of fused-ring (bicyclic) bond motifs is 1. The van der Waals surface area contributed by atoms with Gasteiger partial charge in [0.1, 0.15) is 0 Å². The van der Waals surface area contributed by atoms with Crippen LogP contribution in [0.4, 0.5) is 11.4 Å². The SMILES string of the molecule is CC(CC(=O)Nc1ccc2c(c1)OCO2)=NNC(=O)C(=O)Nc1ccccc1. The highest BCUT2D eigenvalue weighted by atomic mass is 16.7. The van der Waals surface area contributed by atoms with E-state index in [0.717, 1.165) is 0 Å². The molecule has 28 heavy (non-hydrogen) atoms. The lowest BCUT2D eigenvalue weighted by Crippen LogP contribution is -2.33. The summed E-state index contributed by atoms with van der Waals surface area (Å²) >= 11 is 0. The van der Waals surface area contributed by atoms with Gasteiger partial charge in [0.25, 0.3) is 0 Å². The third-order valence-corrected chi connectivity index (χ3v) is 3.66. The molecule has 2 aromatic rings. The summed E-state index contributed by atoms with van der Waals surface area (Å²) in [6, 6.07) is 13.6. The maximum Gasteiger partial charge on any atom is 0.329 e. The lowest BCUT2D eigenvalue weighted by atomic mass is 10.2. The predicted molar refractivity (Wildman–Crippen MR) is 102 cm³/mol. The Bertz CT molecular complexity index is 927. The van der Waals surface area contributed by atoms with Crippen LogP contribution in [0.3, 0.4) is 0 Å². The molecular weight excluding hydrogens is 364 g/mol. The number of nitrogens with zero attached hydrogens (tertiary/aromatic N) is 1. The quantitative estimate of drug-likeness (QED) is 0.414. The van der Waals surface area contributed by atoms with Crippen LogP contribution in [-0.4, -0.2) is 30.2 Å². The van der Waals surface area contributed by atoms with Crippen molar-refractivity contribution in [1.29, 1.82) is 0 Å². The van der Waals surface area contributed by atoms with Crippen LogP contribution < -0.4 is 25.5 Å². The van der Waals surface area contributed by atoms with Crippen molar-refractivity contribution >= 4 is 34.8 Å². The summed E-state index contributed by atoms with van der Waals surface area (Å²) in [5.74, 6) is -0.942. The van der Waals surface area contributed by atoms with Gasteiger partial charge in [-0.1, -0.05) is 18.2 Å². The van der Waals surface area contributed by atoms with E-state index in [2.05, 4.69) is 21.2 Å². The Kier molecular flexibility index (Phi) is 5.85. The normalized spacial score (nSPS) is 12.2. The highest BCUT2D eigenvalue weighted by molar-refractivity contribution is 6.39. The van der Waals surface area contributed by atoms with Gasteiger partial charge < -0.3 is 20.1 Å². The van der Waals surface area contributed by atoms with Crippen molar-refractivity contribution in [2.24, 2.45) is 5.10 Å². The van der Waals surface area contributed by atoms with Crippen molar-refractivity contribution in [3.05, 3.63) is 48.5 Å². The molecule has 2 aromatic carbocycles. The van der Waals surface area contributed by atoms with Crippen molar-refractivity contribution in [3.8, 4) is 11.5 Å². The fraction of sp³-hybridized carbons (Fsp3) is 0.158. The fourth-order valence-corrected chi connectivity index (χ4v) is 2.36. The smallest absolute Gasteiger partial charge is 0.329 e. The van der Waals surface area contributed by atoms with Gasteiger partial charge in [-0.15, -0.1) is 0 Å². The van der Waals surface area contributed by atoms with Crippen LogP contribution in [0.15, 0.2) is 53.6 Å². The van der Waals surface area contributed by atoms with Crippen LogP contribution in [0.2, 0.25) is 0 Å². The lowest BCUT2D eigenvalue weighted by molar-refractivity contribution is -0.136. The number of hydrazone groups is 1. The van der Waals surface area contributed by atoms with Gasteiger partial charge >= 0.3 is 11.8 Å². The minimum absolute atomic E-state index is 0.0605. The largest absolute Gasteiger partial charge is 0.454 e. The Morgan fingerprint density at radius 1 is 0.929 bits per heavy atom. The van der Waals surface area contributed by atoms with Crippen LogP contribution in [0.5, 0.6) is 11.5 Å². The fourth-order valence-electron chi connectivity index (χ4n) is 2.36. The van der Waals surface area contributed by atoms with Gasteiger partial charge in [0, 0.05) is 23.2 Å². The monoisotopic (exact) mass is 382 g/mol. The summed E-state index contributed by atoms with van der Waals surface area (Å²) in [7, 11) is 0. The molecule has 0 unspecified atom stereocenters. The molecule has 1 aliphatic heterocycles. The predicted octanol–water partition coefficient (Wildman–Crippen LogP) is 1.87. The molecule has 1 heterocycles. The number of para-hydroxylation sites is 1. The van der Waals surface area contributed by atoms with Gasteiger partial charge in [0.15, 0.2) is 11.5 Å². The van der Waals surface area contributed by atoms with E-state index < -0.39 is 11.8 Å². The number of carbonyl (C=O) groups is 3. The van der Waals surface area contributed by atoms with Gasteiger partial charge in [0.2, 0.25) is 12.7 Å². The summed E-state index contributed by atoms with van der Waals surface area (Å²) in [6.07, 6.45) is -0.0605. The molecule has 0 aromatic heterocycles. The van der Waals surface area contributed by atoms with Crippen molar-refractivity contribution in [2.45, 2.75) is 13.3 Å². The number of carbonyl (C=O) groups excluding carboxylic acids is 3. The van der Waals surface area contributed by atoms with Gasteiger partial charge in [-0.05, 0) is 31.2 Å². The average Bonchev–Trinajstić information content (AvgIpc) is 3.14. The second-order valence-electron chi connectivity index (χ2n) is 5.90. The van der Waals surface area contributed by atoms with Crippen LogP contribution in [0.25, 0.3) is 0 Å². The van der Waals surface area contributed by atoms with Crippen molar-refractivity contribution < 1.29 is 23.9 Å². The topological polar surface area (TPSA) is 118 Å². The standard InChI is InChI=1S/C19H18N4O5/c1-12(22-23-19(26)18(25)21-13-5-3-2-4-6-13)9-17(24)20-14-7-8-15-16(10-14)28-11-27-15/h2-8,10H,9,11H2,1H3,(H,20,24)(H,21,25)(H,23,26). The summed E-state index contributed by atoms with van der Waals surface area (Å²) in [6.45, 7) is 1.71. The van der Waals surface area contributed by atoms with Crippen molar-refractivity contribution in [1.82, 2.24) is 5.43 Å². The zero-order valence-electron chi connectivity index (χ0n) is 15.0. The van der Waals surface area contributed by atoms with E-state index in [4.69, 9.17) is 9.47 Å². The zero-order chi connectivity index (χ0) is 19.9. The lowest BCUT2D eigenvalue weighted by Gasteiger charge is -2.07. The number of nitrogens with one attached hydrogen (secondary N) is 3. The summed E-state index contributed by atoms with van der Waals surface area (Å²) in [5, 5.41) is 8.91. The van der Waals surface area contributed by atoms with Crippen molar-refractivity contribution in [3.63, 3.8) is 0 Å². The van der Waals surface area contributed by atoms with E-state index in [1.54, 1.807) is 55.5 Å². The van der Waals surface area contributed by atoms with Crippen LogP contribution >= 0.6 is 0 Å². The molecule has 0 bridgehead atoms. The Hall–Kier alpha value is -3.88. The Morgan fingerprint density at radius 2 is 1.68 bits per heavy atom. The molecule has 1 aliphatic rings. The highest BCUT2D eigenvalue weighted by Crippen LogP contribution is 2.34. The minimum Gasteiger partial charge on any atom is -0.454 e. The Balaban J connectivity index is 1.47. The third kappa shape index (κ3) is 5.07. The minimum atomic E-state index is -0.931. The van der Waals surface area contributed by atoms with Crippen LogP contribution in [0, 0.1) is 0 Å². The molecule has 3 rings (SSSR count). The molecule has 144 valence electrons. The molecule has 3 amide bonds. The molecule has 9 nitrogen and oxygen atoms in total. The first-order chi connectivity index (χ1) is 13.5. The van der Waals surface area contributed by atoms with Gasteiger partial charge in [0.05, 0.1) is 6.42 Å². The molecule has 0 saturated carbocycles. The molecular formula is C19H18N4O5. The first-order valence-electron chi connectivity index (χ1n) is 8.40. The molecule has 0 spiro atoms. The number of hydrogen-bond acceptors (Lipinski definition) is 6. The van der Waals surface area contributed by atoms with E-state index in [-0.39, 0.29) is 19.1 Å². The first kappa shape index (κ1) is 18.9. The van der Waals surface area contributed by atoms with E-state index in [0.29, 0.717) is 28.6 Å². The van der Waals surface area contributed by atoms with Crippen molar-refractivity contribution in [2.75, 3.05) is 17.4 Å². The zero-order valence-corrected chi connectivity index (χ0v) is 15.0. The molecule has 3 N–H and O–H groups in total. The number of benzene rings is 2. The summed E-state index contributed by atoms with van der Waals surface area (Å²) in [4.78, 5) is 35.7. The second-order valence-corrected chi connectivity index (χ2v) is 5.90. The van der Waals surface area contributed by atoms with Gasteiger partial charge in [-0.3, -0.25) is 14.4 Å². The van der Waals surface area contributed by atoms with E-state index in [1.807, 2.05) is 0 Å². The second kappa shape index (κ2) is 8.67. The Labute approximate surface area is 160 Å². The summed E-state index contributed by atoms with van der Waals surface area (Å²) < 4.78 is 10.5. The number of anilines is 2. The molecule has 0 aliphatic carbocycles. The van der Waals surface area contributed by atoms with Gasteiger partial charge in [-0.25, -0.2) is 5.43 Å². The summed E-state index contributed by atoms with van der Waals surface area (Å²) in [5.41, 5.74) is 3.50. The molecule has 0 radical (unpaired) electrons. The third-order valence-electron chi connectivity index (χ3n) is 3.66. The number of amides is 3. The van der Waals surface area contributed by atoms with Crippen LogP contribution in [-0.2, 0) is 14.4 Å². The highest BCUT2D eigenvalue weighted by Gasteiger charge is 2.15. The van der Waals surface area contributed by atoms with Crippen LogP contribution in [0.1, 0.15) is 13.3 Å². The van der Waals surface area contributed by atoms with E-state index in [1.165, 1.54) is 0 Å². The Morgan fingerprint density at radius 3 is 2.46 bits per heavy atom. The number of rotatable bonds is 5. The maximum absolute atomic E-state index is 12.1. The van der Waals surface area contributed by atoms with E-state index in [9.17, 15) is 14.4 Å². The molecule has 9 heteroatoms. The van der Waals surface area contributed by atoms with E-state index >= 15 is 0 Å². The first-order valence-corrected chi connectivity index (χ1v) is 8.40. The number of hydrogen-bond donors (Lipinski definition) is 3. The maximum atomic E-state index is 12.1. The molecule has 0 fully saturated rings. The number of ether oxygens (including phenoxy) is 2. The molecule has 0 atom stereocenters. The molecule has 0 saturated heterocycles. The van der Waals surface area contributed by atoms with Gasteiger partial charge in [-0.2, -0.15) is 5.10 Å². The average molecular weight is 382 g/mol.